The summed E-state index contributed by atoms with van der Waals surface area (Å²) in [6, 6.07) is 13.8. The Morgan fingerprint density at radius 2 is 1.78 bits per heavy atom. The summed E-state index contributed by atoms with van der Waals surface area (Å²) in [7, 11) is -2.32. The zero-order chi connectivity index (χ0) is 20.0. The summed E-state index contributed by atoms with van der Waals surface area (Å²) in [6.07, 6.45) is 1.06. The number of benzene rings is 2. The molecule has 0 aliphatic carbocycles. The van der Waals surface area contributed by atoms with Gasteiger partial charge in [0.25, 0.3) is 0 Å². The Kier molecular flexibility index (Phi) is 6.70. The first-order chi connectivity index (χ1) is 12.7. The molecule has 0 unspecified atom stereocenters. The third-order valence-corrected chi connectivity index (χ3v) is 5.12. The molecule has 2 aromatic rings. The molecule has 0 aromatic heterocycles. The number of carbonyl (C=O) groups is 2. The first kappa shape index (κ1) is 20.6. The molecule has 0 aliphatic rings. The van der Waals surface area contributed by atoms with E-state index < -0.39 is 21.9 Å². The van der Waals surface area contributed by atoms with Gasteiger partial charge in [-0.2, -0.15) is 4.31 Å². The number of nitrogens with zero attached hydrogens (tertiary/aromatic N) is 1. The number of hydrogen-bond acceptors (Lipinski definition) is 5. The van der Waals surface area contributed by atoms with Crippen molar-refractivity contribution < 1.29 is 22.7 Å². The van der Waals surface area contributed by atoms with Crippen LogP contribution >= 0.6 is 0 Å². The van der Waals surface area contributed by atoms with Crippen molar-refractivity contribution in [2.75, 3.05) is 25.2 Å². The fraction of sp³-hybridized carbons (Fsp3) is 0.263. The van der Waals surface area contributed by atoms with Gasteiger partial charge in [-0.15, -0.1) is 0 Å². The second-order valence-corrected chi connectivity index (χ2v) is 8.07. The molecule has 27 heavy (non-hydrogen) atoms. The lowest BCUT2D eigenvalue weighted by Gasteiger charge is -2.20. The summed E-state index contributed by atoms with van der Waals surface area (Å²) >= 11 is 0. The molecule has 0 fully saturated rings. The Labute approximate surface area is 159 Å². The Morgan fingerprint density at radius 1 is 1.11 bits per heavy atom. The molecule has 8 heteroatoms. The van der Waals surface area contributed by atoms with E-state index in [9.17, 15) is 18.0 Å². The van der Waals surface area contributed by atoms with E-state index in [0.29, 0.717) is 11.3 Å². The zero-order valence-corrected chi connectivity index (χ0v) is 16.2. The highest BCUT2D eigenvalue weighted by molar-refractivity contribution is 7.88. The van der Waals surface area contributed by atoms with Crippen LogP contribution in [0.1, 0.15) is 21.5 Å². The van der Waals surface area contributed by atoms with Gasteiger partial charge in [-0.1, -0.05) is 36.4 Å². The summed E-state index contributed by atoms with van der Waals surface area (Å²) in [5, 5.41) is 2.67. The number of nitrogens with one attached hydrogen (secondary N) is 1. The summed E-state index contributed by atoms with van der Waals surface area (Å²) in [4.78, 5) is 24.1. The molecule has 0 saturated heterocycles. The second-order valence-electron chi connectivity index (χ2n) is 6.09. The Bertz CT molecular complexity index is 926. The maximum Gasteiger partial charge on any atom is 0.337 e. The Morgan fingerprint density at radius 3 is 2.37 bits per heavy atom. The van der Waals surface area contributed by atoms with Crippen molar-refractivity contribution >= 4 is 27.6 Å². The molecule has 2 rings (SSSR count). The van der Waals surface area contributed by atoms with Crippen molar-refractivity contribution in [2.45, 2.75) is 13.5 Å². The van der Waals surface area contributed by atoms with Crippen molar-refractivity contribution in [1.82, 2.24) is 4.31 Å². The number of ether oxygens (including phenoxy) is 1. The number of hydrogen-bond donors (Lipinski definition) is 1. The van der Waals surface area contributed by atoms with Crippen LogP contribution in [0.25, 0.3) is 0 Å². The molecule has 0 spiro atoms. The van der Waals surface area contributed by atoms with Crippen LogP contribution in [-0.2, 0) is 26.1 Å². The first-order valence-corrected chi connectivity index (χ1v) is 10.0. The molecule has 0 radical (unpaired) electrons. The molecule has 0 bridgehead atoms. The molecule has 0 saturated carbocycles. The lowest BCUT2D eigenvalue weighted by atomic mass is 10.1. The number of esters is 1. The molecule has 2 aromatic carbocycles. The van der Waals surface area contributed by atoms with Gasteiger partial charge in [0.05, 0.1) is 25.5 Å². The fourth-order valence-electron chi connectivity index (χ4n) is 2.43. The van der Waals surface area contributed by atoms with E-state index in [0.717, 1.165) is 21.7 Å². The van der Waals surface area contributed by atoms with Gasteiger partial charge in [-0.3, -0.25) is 4.79 Å². The molecule has 0 atom stereocenters. The van der Waals surface area contributed by atoms with E-state index in [2.05, 4.69) is 10.1 Å². The van der Waals surface area contributed by atoms with Crippen molar-refractivity contribution in [3.05, 3.63) is 65.2 Å². The van der Waals surface area contributed by atoms with Crippen LogP contribution in [-0.4, -0.2) is 44.5 Å². The standard InChI is InChI=1S/C19H22N2O5S/c1-14-9-10-16(19(23)26-2)11-17(14)20-18(22)13-21(27(3,24)25)12-15-7-5-4-6-8-15/h4-11H,12-13H2,1-3H3,(H,20,22). The maximum atomic E-state index is 12.4. The molecule has 0 heterocycles. The molecular formula is C19H22N2O5S. The highest BCUT2D eigenvalue weighted by Crippen LogP contribution is 2.18. The van der Waals surface area contributed by atoms with Crippen molar-refractivity contribution in [3.8, 4) is 0 Å². The van der Waals surface area contributed by atoms with E-state index in [-0.39, 0.29) is 13.1 Å². The minimum absolute atomic E-state index is 0.0915. The fourth-order valence-corrected chi connectivity index (χ4v) is 3.16. The van der Waals surface area contributed by atoms with E-state index in [1.807, 2.05) is 6.07 Å². The zero-order valence-electron chi connectivity index (χ0n) is 15.4. The molecule has 144 valence electrons. The number of aryl methyl sites for hydroxylation is 1. The summed E-state index contributed by atoms with van der Waals surface area (Å²) in [5.41, 5.74) is 2.24. The van der Waals surface area contributed by atoms with Gasteiger partial charge in [-0.05, 0) is 30.2 Å². The molecular weight excluding hydrogens is 368 g/mol. The number of carbonyl (C=O) groups excluding carboxylic acids is 2. The van der Waals surface area contributed by atoms with Gasteiger partial charge in [0.1, 0.15) is 0 Å². The minimum Gasteiger partial charge on any atom is -0.465 e. The summed E-state index contributed by atoms with van der Waals surface area (Å²) < 4.78 is 29.9. The highest BCUT2D eigenvalue weighted by Gasteiger charge is 2.21. The average Bonchev–Trinajstić information content (AvgIpc) is 2.62. The smallest absolute Gasteiger partial charge is 0.337 e. The van der Waals surface area contributed by atoms with Gasteiger partial charge < -0.3 is 10.1 Å². The normalized spacial score (nSPS) is 11.3. The quantitative estimate of drug-likeness (QED) is 0.732. The van der Waals surface area contributed by atoms with Gasteiger partial charge in [0.2, 0.25) is 15.9 Å². The number of amides is 1. The van der Waals surface area contributed by atoms with Gasteiger partial charge in [0.15, 0.2) is 0 Å². The van der Waals surface area contributed by atoms with Crippen LogP contribution in [0.2, 0.25) is 0 Å². The SMILES string of the molecule is COC(=O)c1ccc(C)c(NC(=O)CN(Cc2ccccc2)S(C)(=O)=O)c1. The van der Waals surface area contributed by atoms with Crippen LogP contribution in [0.5, 0.6) is 0 Å². The summed E-state index contributed by atoms with van der Waals surface area (Å²) in [5.74, 6) is -1.02. The van der Waals surface area contributed by atoms with Crippen LogP contribution in [0, 0.1) is 6.92 Å². The number of sulfonamides is 1. The third kappa shape index (κ3) is 5.90. The van der Waals surface area contributed by atoms with Crippen LogP contribution in [0.4, 0.5) is 5.69 Å². The Balaban J connectivity index is 2.15. The van der Waals surface area contributed by atoms with Gasteiger partial charge >= 0.3 is 5.97 Å². The largest absolute Gasteiger partial charge is 0.465 e. The summed E-state index contributed by atoms with van der Waals surface area (Å²) in [6.45, 7) is 1.53. The first-order valence-electron chi connectivity index (χ1n) is 8.18. The monoisotopic (exact) mass is 390 g/mol. The van der Waals surface area contributed by atoms with Crippen LogP contribution in [0.3, 0.4) is 0 Å². The lowest BCUT2D eigenvalue weighted by Crippen LogP contribution is -2.37. The minimum atomic E-state index is -3.59. The number of anilines is 1. The predicted molar refractivity (Wildman–Crippen MR) is 103 cm³/mol. The van der Waals surface area contributed by atoms with E-state index in [4.69, 9.17) is 0 Å². The van der Waals surface area contributed by atoms with E-state index in [1.54, 1.807) is 43.3 Å². The van der Waals surface area contributed by atoms with Crippen molar-refractivity contribution in [3.63, 3.8) is 0 Å². The topological polar surface area (TPSA) is 92.8 Å². The molecule has 1 amide bonds. The second kappa shape index (κ2) is 8.79. The molecule has 1 N–H and O–H groups in total. The third-order valence-electron chi connectivity index (χ3n) is 3.92. The van der Waals surface area contributed by atoms with E-state index in [1.165, 1.54) is 13.2 Å². The van der Waals surface area contributed by atoms with Crippen molar-refractivity contribution in [1.29, 1.82) is 0 Å². The van der Waals surface area contributed by atoms with Gasteiger partial charge in [-0.25, -0.2) is 13.2 Å². The predicted octanol–water partition coefficient (Wildman–Crippen LogP) is 2.18. The van der Waals surface area contributed by atoms with E-state index >= 15 is 0 Å². The lowest BCUT2D eigenvalue weighted by molar-refractivity contribution is -0.116. The van der Waals surface area contributed by atoms with Crippen LogP contribution < -0.4 is 5.32 Å². The Hall–Kier alpha value is -2.71. The highest BCUT2D eigenvalue weighted by atomic mass is 32.2. The van der Waals surface area contributed by atoms with Crippen molar-refractivity contribution in [2.24, 2.45) is 0 Å². The maximum absolute atomic E-state index is 12.4. The van der Waals surface area contributed by atoms with Crippen LogP contribution in [0.15, 0.2) is 48.5 Å². The number of rotatable bonds is 7. The van der Waals surface area contributed by atoms with Gasteiger partial charge in [0, 0.05) is 12.2 Å². The number of methoxy groups -OCH3 is 1. The molecule has 7 nitrogen and oxygen atoms in total. The molecule has 0 aliphatic heterocycles. The average molecular weight is 390 g/mol.